The van der Waals surface area contributed by atoms with Crippen LogP contribution in [0.4, 0.5) is 0 Å². The van der Waals surface area contributed by atoms with E-state index in [1.54, 1.807) is 17.4 Å². The lowest BCUT2D eigenvalue weighted by Crippen LogP contribution is -2.48. The van der Waals surface area contributed by atoms with Gasteiger partial charge in [-0.15, -0.1) is 11.3 Å². The normalized spacial score (nSPS) is 18.8. The van der Waals surface area contributed by atoms with E-state index in [0.717, 1.165) is 40.6 Å². The summed E-state index contributed by atoms with van der Waals surface area (Å²) < 4.78 is 1.93. The van der Waals surface area contributed by atoms with E-state index in [0.29, 0.717) is 6.54 Å². The van der Waals surface area contributed by atoms with Gasteiger partial charge in [0, 0.05) is 39.6 Å². The van der Waals surface area contributed by atoms with Crippen LogP contribution in [0.2, 0.25) is 0 Å². The number of nitrogens with zero attached hydrogens (tertiary/aromatic N) is 3. The number of amides is 2. The van der Waals surface area contributed by atoms with Gasteiger partial charge in [-0.2, -0.15) is 5.26 Å². The SMILES string of the molecule is C[C@@H]1CCC[C@H](C)N1C(=O)Cn1cc(/C=C(\C#N)C(=O)NCc2cccs2)c2ccccc21. The maximum atomic E-state index is 13.2. The Morgan fingerprint density at radius 2 is 1.94 bits per heavy atom. The summed E-state index contributed by atoms with van der Waals surface area (Å²) in [7, 11) is 0. The van der Waals surface area contributed by atoms with Crippen LogP contribution in [-0.2, 0) is 22.7 Å². The van der Waals surface area contributed by atoms with Crippen LogP contribution in [-0.4, -0.2) is 33.4 Å². The molecule has 6 nitrogen and oxygen atoms in total. The van der Waals surface area contributed by atoms with Crippen molar-refractivity contribution in [1.82, 2.24) is 14.8 Å². The number of carbonyl (C=O) groups excluding carboxylic acids is 2. The molecule has 1 saturated heterocycles. The van der Waals surface area contributed by atoms with Gasteiger partial charge in [0.2, 0.25) is 5.91 Å². The molecule has 1 aromatic carbocycles. The molecule has 7 heteroatoms. The van der Waals surface area contributed by atoms with E-state index >= 15 is 0 Å². The molecule has 3 aromatic rings. The summed E-state index contributed by atoms with van der Waals surface area (Å²) in [4.78, 5) is 28.8. The highest BCUT2D eigenvalue weighted by Crippen LogP contribution is 2.26. The molecule has 2 aromatic heterocycles. The van der Waals surface area contributed by atoms with Crippen LogP contribution in [0.25, 0.3) is 17.0 Å². The number of carbonyl (C=O) groups is 2. The summed E-state index contributed by atoms with van der Waals surface area (Å²) in [6.07, 6.45) is 6.69. The molecule has 0 saturated carbocycles. The standard InChI is InChI=1S/C26H28N4O2S/c1-18-7-5-8-19(2)30(18)25(31)17-29-16-21(23-10-3-4-11-24(23)29)13-20(14-27)26(32)28-15-22-9-6-12-33-22/h3-4,6,9-13,16,18-19H,5,7-8,15,17H2,1-2H3,(H,28,32)/b20-13+/t18-,19+. The van der Waals surface area contributed by atoms with E-state index in [2.05, 4.69) is 19.2 Å². The van der Waals surface area contributed by atoms with E-state index in [4.69, 9.17) is 0 Å². The lowest BCUT2D eigenvalue weighted by molar-refractivity contribution is -0.137. The Bertz CT molecular complexity index is 1210. The molecule has 1 aliphatic rings. The number of likely N-dealkylation sites (tertiary alicyclic amines) is 1. The number of aromatic nitrogens is 1. The lowest BCUT2D eigenvalue weighted by atomic mass is 9.97. The van der Waals surface area contributed by atoms with Crippen molar-refractivity contribution >= 4 is 40.1 Å². The van der Waals surface area contributed by atoms with Crippen molar-refractivity contribution in [1.29, 1.82) is 5.26 Å². The minimum Gasteiger partial charge on any atom is -0.347 e. The summed E-state index contributed by atoms with van der Waals surface area (Å²) in [5, 5.41) is 15.3. The minimum atomic E-state index is -0.408. The smallest absolute Gasteiger partial charge is 0.262 e. The molecule has 2 atom stereocenters. The van der Waals surface area contributed by atoms with Crippen molar-refractivity contribution in [2.75, 3.05) is 0 Å². The van der Waals surface area contributed by atoms with E-state index in [9.17, 15) is 14.9 Å². The van der Waals surface area contributed by atoms with Crippen LogP contribution in [0, 0.1) is 11.3 Å². The maximum Gasteiger partial charge on any atom is 0.262 e. The van der Waals surface area contributed by atoms with Gasteiger partial charge in [-0.1, -0.05) is 24.3 Å². The predicted molar refractivity (Wildman–Crippen MR) is 131 cm³/mol. The third-order valence-corrected chi connectivity index (χ3v) is 7.15. The van der Waals surface area contributed by atoms with Crippen molar-refractivity contribution in [3.8, 4) is 6.07 Å². The van der Waals surface area contributed by atoms with Crippen molar-refractivity contribution in [2.24, 2.45) is 0 Å². The number of rotatable bonds is 6. The highest BCUT2D eigenvalue weighted by molar-refractivity contribution is 7.09. The fourth-order valence-corrected chi connectivity index (χ4v) is 5.29. The molecule has 0 bridgehead atoms. The van der Waals surface area contributed by atoms with Gasteiger partial charge in [0.05, 0.1) is 6.54 Å². The summed E-state index contributed by atoms with van der Waals surface area (Å²) in [6, 6.07) is 14.1. The van der Waals surface area contributed by atoms with E-state index in [1.165, 1.54) is 0 Å². The molecule has 4 rings (SSSR count). The van der Waals surface area contributed by atoms with Crippen molar-refractivity contribution in [2.45, 2.75) is 58.3 Å². The topological polar surface area (TPSA) is 78.1 Å². The van der Waals surface area contributed by atoms with Gasteiger partial charge in [-0.3, -0.25) is 9.59 Å². The number of nitriles is 1. The van der Waals surface area contributed by atoms with Crippen molar-refractivity contribution in [3.63, 3.8) is 0 Å². The number of benzene rings is 1. The van der Waals surface area contributed by atoms with Gasteiger partial charge in [-0.25, -0.2) is 0 Å². The molecule has 3 heterocycles. The number of fused-ring (bicyclic) bond motifs is 1. The average molecular weight is 461 g/mol. The number of nitrogens with one attached hydrogen (secondary N) is 1. The molecule has 0 unspecified atom stereocenters. The molecule has 0 spiro atoms. The van der Waals surface area contributed by atoms with Gasteiger partial charge >= 0.3 is 0 Å². The van der Waals surface area contributed by atoms with Gasteiger partial charge in [0.1, 0.15) is 18.2 Å². The highest BCUT2D eigenvalue weighted by Gasteiger charge is 2.29. The maximum absolute atomic E-state index is 13.2. The van der Waals surface area contributed by atoms with Crippen LogP contribution in [0.5, 0.6) is 0 Å². The molecule has 1 aliphatic heterocycles. The molecular weight excluding hydrogens is 432 g/mol. The first-order valence-corrected chi connectivity index (χ1v) is 12.2. The Labute approximate surface area is 198 Å². The van der Waals surface area contributed by atoms with E-state index in [-0.39, 0.29) is 30.1 Å². The molecule has 2 amide bonds. The van der Waals surface area contributed by atoms with Gasteiger partial charge in [-0.05, 0) is 56.7 Å². The van der Waals surface area contributed by atoms with Gasteiger partial charge in [0.25, 0.3) is 5.91 Å². The number of piperidine rings is 1. The Hall–Kier alpha value is -3.37. The first-order valence-electron chi connectivity index (χ1n) is 11.3. The van der Waals surface area contributed by atoms with Crippen molar-refractivity contribution in [3.05, 3.63) is 64.0 Å². The predicted octanol–water partition coefficient (Wildman–Crippen LogP) is 4.72. The zero-order chi connectivity index (χ0) is 23.4. The second-order valence-electron chi connectivity index (χ2n) is 8.59. The van der Waals surface area contributed by atoms with E-state index in [1.807, 2.05) is 63.5 Å². The molecule has 0 aliphatic carbocycles. The molecule has 0 radical (unpaired) electrons. The number of thiophene rings is 1. The molecule has 1 fully saturated rings. The van der Waals surface area contributed by atoms with Gasteiger partial charge in [0.15, 0.2) is 0 Å². The second-order valence-corrected chi connectivity index (χ2v) is 9.62. The Kier molecular flexibility index (Phi) is 6.95. The molecule has 33 heavy (non-hydrogen) atoms. The van der Waals surface area contributed by atoms with Gasteiger partial charge < -0.3 is 14.8 Å². The quantitative estimate of drug-likeness (QED) is 0.427. The highest BCUT2D eigenvalue weighted by atomic mass is 32.1. The Balaban J connectivity index is 1.59. The fourth-order valence-electron chi connectivity index (χ4n) is 4.64. The zero-order valence-corrected chi connectivity index (χ0v) is 19.8. The third kappa shape index (κ3) is 5.01. The monoisotopic (exact) mass is 460 g/mol. The lowest BCUT2D eigenvalue weighted by Gasteiger charge is -2.39. The first-order chi connectivity index (χ1) is 16.0. The molecule has 170 valence electrons. The van der Waals surface area contributed by atoms with Crippen molar-refractivity contribution < 1.29 is 9.59 Å². The van der Waals surface area contributed by atoms with Crippen LogP contribution < -0.4 is 5.32 Å². The number of hydrogen-bond donors (Lipinski definition) is 1. The summed E-state index contributed by atoms with van der Waals surface area (Å²) in [5.41, 5.74) is 1.70. The second kappa shape index (κ2) is 10.1. The minimum absolute atomic E-state index is 0.0408. The number of hydrogen-bond acceptors (Lipinski definition) is 4. The first kappa shape index (κ1) is 22.8. The number of para-hydroxylation sites is 1. The summed E-state index contributed by atoms with van der Waals surface area (Å²) in [5.74, 6) is -0.310. The average Bonchev–Trinajstić information content (AvgIpc) is 3.44. The van der Waals surface area contributed by atoms with Crippen LogP contribution in [0.15, 0.2) is 53.5 Å². The zero-order valence-electron chi connectivity index (χ0n) is 19.0. The van der Waals surface area contributed by atoms with Crippen LogP contribution in [0.1, 0.15) is 43.6 Å². The van der Waals surface area contributed by atoms with E-state index < -0.39 is 5.91 Å². The van der Waals surface area contributed by atoms with Crippen LogP contribution in [0.3, 0.4) is 0 Å². The largest absolute Gasteiger partial charge is 0.347 e. The Morgan fingerprint density at radius 3 is 2.64 bits per heavy atom. The Morgan fingerprint density at radius 1 is 1.18 bits per heavy atom. The molecular formula is C26H28N4O2S. The third-order valence-electron chi connectivity index (χ3n) is 6.27. The fraction of sp³-hybridized carbons (Fsp3) is 0.346. The summed E-state index contributed by atoms with van der Waals surface area (Å²) >= 11 is 1.55. The molecule has 1 N–H and O–H groups in total. The summed E-state index contributed by atoms with van der Waals surface area (Å²) in [6.45, 7) is 4.85. The van der Waals surface area contributed by atoms with Crippen LogP contribution >= 0.6 is 11.3 Å².